The van der Waals surface area contributed by atoms with Gasteiger partial charge in [0, 0.05) is 18.8 Å². The van der Waals surface area contributed by atoms with Gasteiger partial charge in [0.05, 0.1) is 5.75 Å². The minimum atomic E-state index is -3.19. The molecule has 0 bridgehead atoms. The van der Waals surface area contributed by atoms with Gasteiger partial charge in [0.25, 0.3) is 0 Å². The van der Waals surface area contributed by atoms with Crippen molar-refractivity contribution in [1.29, 1.82) is 0 Å². The first kappa shape index (κ1) is 16.7. The second-order valence-corrected chi connectivity index (χ2v) is 7.57. The SMILES string of the molecule is CCC1(C(=O)O)CCCN1C(=O)NC(C)CS(C)(=O)=O. The monoisotopic (exact) mass is 306 g/mol. The van der Waals surface area contributed by atoms with E-state index in [9.17, 15) is 23.1 Å². The summed E-state index contributed by atoms with van der Waals surface area (Å²) in [7, 11) is -3.19. The second kappa shape index (κ2) is 5.99. The lowest BCUT2D eigenvalue weighted by atomic mass is 9.93. The first-order valence-electron chi connectivity index (χ1n) is 6.61. The Hall–Kier alpha value is -1.31. The van der Waals surface area contributed by atoms with Crippen molar-refractivity contribution in [3.05, 3.63) is 0 Å². The normalized spacial score (nSPS) is 24.4. The second-order valence-electron chi connectivity index (χ2n) is 5.39. The maximum absolute atomic E-state index is 12.2. The van der Waals surface area contributed by atoms with Gasteiger partial charge in [0.1, 0.15) is 15.4 Å². The average molecular weight is 306 g/mol. The molecule has 116 valence electrons. The summed E-state index contributed by atoms with van der Waals surface area (Å²) in [5.41, 5.74) is -1.17. The molecule has 1 aliphatic heterocycles. The lowest BCUT2D eigenvalue weighted by molar-refractivity contribution is -0.148. The third kappa shape index (κ3) is 3.62. The highest BCUT2D eigenvalue weighted by Gasteiger charge is 2.48. The minimum Gasteiger partial charge on any atom is -0.479 e. The van der Waals surface area contributed by atoms with Crippen LogP contribution in [0.1, 0.15) is 33.1 Å². The molecule has 0 aromatic heterocycles. The number of hydrogen-bond acceptors (Lipinski definition) is 4. The van der Waals surface area contributed by atoms with Gasteiger partial charge in [0.2, 0.25) is 0 Å². The number of carboxylic acids is 1. The number of nitrogens with zero attached hydrogens (tertiary/aromatic N) is 1. The Labute approximate surface area is 119 Å². The Morgan fingerprint density at radius 3 is 2.50 bits per heavy atom. The van der Waals surface area contributed by atoms with Gasteiger partial charge in [0.15, 0.2) is 0 Å². The molecule has 1 aliphatic rings. The third-order valence-electron chi connectivity index (χ3n) is 3.64. The molecule has 2 N–H and O–H groups in total. The van der Waals surface area contributed by atoms with E-state index in [1.54, 1.807) is 13.8 Å². The molecule has 8 heteroatoms. The van der Waals surface area contributed by atoms with Crippen LogP contribution in [0.2, 0.25) is 0 Å². The Morgan fingerprint density at radius 1 is 1.45 bits per heavy atom. The van der Waals surface area contributed by atoms with Gasteiger partial charge in [-0.2, -0.15) is 0 Å². The number of urea groups is 1. The molecule has 1 fully saturated rings. The molecule has 1 saturated heterocycles. The van der Waals surface area contributed by atoms with Crippen molar-refractivity contribution in [1.82, 2.24) is 10.2 Å². The van der Waals surface area contributed by atoms with Crippen molar-refractivity contribution in [3.8, 4) is 0 Å². The van der Waals surface area contributed by atoms with Gasteiger partial charge < -0.3 is 15.3 Å². The first-order chi connectivity index (χ1) is 9.12. The molecule has 0 saturated carbocycles. The number of nitrogens with one attached hydrogen (secondary N) is 1. The minimum absolute atomic E-state index is 0.168. The van der Waals surface area contributed by atoms with Gasteiger partial charge in [-0.15, -0.1) is 0 Å². The number of sulfone groups is 1. The molecule has 1 rings (SSSR count). The van der Waals surface area contributed by atoms with Crippen LogP contribution in [-0.2, 0) is 14.6 Å². The Morgan fingerprint density at radius 2 is 2.05 bits per heavy atom. The molecule has 1 heterocycles. The van der Waals surface area contributed by atoms with Crippen LogP contribution in [-0.4, -0.2) is 60.6 Å². The van der Waals surface area contributed by atoms with Crippen LogP contribution in [0.25, 0.3) is 0 Å². The summed E-state index contributed by atoms with van der Waals surface area (Å²) in [6, 6.07) is -1.07. The topological polar surface area (TPSA) is 104 Å². The summed E-state index contributed by atoms with van der Waals surface area (Å²) in [4.78, 5) is 25.0. The van der Waals surface area contributed by atoms with Crippen molar-refractivity contribution in [2.45, 2.75) is 44.7 Å². The van der Waals surface area contributed by atoms with Crippen LogP contribution in [0.5, 0.6) is 0 Å². The fourth-order valence-corrected chi connectivity index (χ4v) is 3.69. The predicted octanol–water partition coefficient (Wildman–Crippen LogP) is 0.458. The zero-order chi connectivity index (χ0) is 15.6. The molecule has 0 spiro atoms. The maximum Gasteiger partial charge on any atom is 0.329 e. The number of carboxylic acid groups (broad SMARTS) is 1. The van der Waals surface area contributed by atoms with E-state index in [1.165, 1.54) is 4.90 Å². The van der Waals surface area contributed by atoms with E-state index in [-0.39, 0.29) is 5.75 Å². The van der Waals surface area contributed by atoms with E-state index in [0.29, 0.717) is 25.8 Å². The van der Waals surface area contributed by atoms with E-state index in [0.717, 1.165) is 6.26 Å². The van der Waals surface area contributed by atoms with Crippen LogP contribution in [0, 0.1) is 0 Å². The standard InChI is InChI=1S/C12H22N2O5S/c1-4-12(10(15)16)6-5-7-14(12)11(17)13-9(2)8-20(3,18)19/h9H,4-8H2,1-3H3,(H,13,17)(H,15,16). The quantitative estimate of drug-likeness (QED) is 0.768. The average Bonchev–Trinajstić information content (AvgIpc) is 2.70. The molecular weight excluding hydrogens is 284 g/mol. The van der Waals surface area contributed by atoms with E-state index >= 15 is 0 Å². The highest BCUT2D eigenvalue weighted by atomic mass is 32.2. The van der Waals surface area contributed by atoms with Crippen molar-refractivity contribution in [3.63, 3.8) is 0 Å². The number of carbonyl (C=O) groups is 2. The lowest BCUT2D eigenvalue weighted by Gasteiger charge is -2.34. The smallest absolute Gasteiger partial charge is 0.329 e. The number of aliphatic carboxylic acids is 1. The zero-order valence-corrected chi connectivity index (χ0v) is 12.9. The molecule has 2 amide bonds. The fraction of sp³-hybridized carbons (Fsp3) is 0.833. The van der Waals surface area contributed by atoms with E-state index in [4.69, 9.17) is 0 Å². The Balaban J connectivity index is 2.79. The maximum atomic E-state index is 12.2. The summed E-state index contributed by atoms with van der Waals surface area (Å²) in [6.07, 6.45) is 2.48. The molecule has 20 heavy (non-hydrogen) atoms. The summed E-state index contributed by atoms with van der Waals surface area (Å²) >= 11 is 0. The lowest BCUT2D eigenvalue weighted by Crippen LogP contribution is -2.57. The van der Waals surface area contributed by atoms with Gasteiger partial charge in [-0.05, 0) is 26.2 Å². The van der Waals surface area contributed by atoms with Crippen LogP contribution in [0.3, 0.4) is 0 Å². The molecule has 0 aliphatic carbocycles. The van der Waals surface area contributed by atoms with E-state index in [1.807, 2.05) is 0 Å². The Bertz CT molecular complexity index is 490. The van der Waals surface area contributed by atoms with Crippen molar-refractivity contribution in [2.75, 3.05) is 18.6 Å². The van der Waals surface area contributed by atoms with Crippen LogP contribution in [0.15, 0.2) is 0 Å². The zero-order valence-electron chi connectivity index (χ0n) is 12.0. The summed E-state index contributed by atoms with van der Waals surface area (Å²) in [5.74, 6) is -1.18. The van der Waals surface area contributed by atoms with Crippen molar-refractivity contribution < 1.29 is 23.1 Å². The third-order valence-corrected chi connectivity index (χ3v) is 4.75. The summed E-state index contributed by atoms with van der Waals surface area (Å²) in [6.45, 7) is 3.70. The van der Waals surface area contributed by atoms with E-state index < -0.39 is 33.4 Å². The van der Waals surface area contributed by atoms with Crippen molar-refractivity contribution >= 4 is 21.8 Å². The first-order valence-corrected chi connectivity index (χ1v) is 8.67. The highest BCUT2D eigenvalue weighted by Crippen LogP contribution is 2.32. The van der Waals surface area contributed by atoms with Gasteiger partial charge >= 0.3 is 12.0 Å². The number of carbonyl (C=O) groups excluding carboxylic acids is 1. The Kier molecular flexibility index (Phi) is 5.01. The van der Waals surface area contributed by atoms with Gasteiger partial charge in [-0.1, -0.05) is 6.92 Å². The highest BCUT2D eigenvalue weighted by molar-refractivity contribution is 7.90. The molecule has 0 aromatic carbocycles. The fourth-order valence-electron chi connectivity index (χ4n) is 2.70. The van der Waals surface area contributed by atoms with Gasteiger partial charge in [-0.25, -0.2) is 18.0 Å². The summed E-state index contributed by atoms with van der Waals surface area (Å²) < 4.78 is 22.4. The number of amides is 2. The molecule has 0 aromatic rings. The van der Waals surface area contributed by atoms with Crippen LogP contribution in [0.4, 0.5) is 4.79 Å². The van der Waals surface area contributed by atoms with Crippen LogP contribution < -0.4 is 5.32 Å². The molecule has 7 nitrogen and oxygen atoms in total. The molecular formula is C12H22N2O5S. The summed E-state index contributed by atoms with van der Waals surface area (Å²) in [5, 5.41) is 12.0. The molecule has 0 radical (unpaired) electrons. The van der Waals surface area contributed by atoms with Crippen molar-refractivity contribution in [2.24, 2.45) is 0 Å². The van der Waals surface area contributed by atoms with Crippen LogP contribution >= 0.6 is 0 Å². The predicted molar refractivity (Wildman–Crippen MR) is 74.3 cm³/mol. The van der Waals surface area contributed by atoms with E-state index in [2.05, 4.69) is 5.32 Å². The van der Waals surface area contributed by atoms with Gasteiger partial charge in [-0.3, -0.25) is 0 Å². The molecule has 2 atom stereocenters. The molecule has 2 unspecified atom stereocenters. The number of likely N-dealkylation sites (tertiary alicyclic amines) is 1. The largest absolute Gasteiger partial charge is 0.479 e. The number of hydrogen-bond donors (Lipinski definition) is 2. The number of rotatable bonds is 5.